The van der Waals surface area contributed by atoms with Crippen molar-refractivity contribution in [1.82, 2.24) is 10.3 Å². The molecule has 0 aliphatic heterocycles. The van der Waals surface area contributed by atoms with E-state index in [1.807, 2.05) is 0 Å². The Labute approximate surface area is 145 Å². The van der Waals surface area contributed by atoms with Crippen LogP contribution in [0.5, 0.6) is 5.75 Å². The number of alkyl halides is 3. The van der Waals surface area contributed by atoms with Crippen molar-refractivity contribution >= 4 is 23.6 Å². The van der Waals surface area contributed by atoms with Crippen molar-refractivity contribution in [3.63, 3.8) is 0 Å². The molecule has 5 nitrogen and oxygen atoms in total. The minimum atomic E-state index is -4.46. The lowest BCUT2D eigenvalue weighted by Crippen LogP contribution is -2.31. The predicted molar refractivity (Wildman–Crippen MR) is 85.4 cm³/mol. The summed E-state index contributed by atoms with van der Waals surface area (Å²) in [5, 5.41) is 2.44. The van der Waals surface area contributed by atoms with Gasteiger partial charge in [-0.15, -0.1) is 0 Å². The van der Waals surface area contributed by atoms with Crippen molar-refractivity contribution in [2.75, 3.05) is 12.9 Å². The van der Waals surface area contributed by atoms with Gasteiger partial charge in [0.2, 0.25) is 5.91 Å². The SMILES string of the molecule is COc1ccc(C(=O)NC(=O)CSc2ccc(C(F)(F)F)cn2)cc1. The number of carbonyl (C=O) groups is 2. The quantitative estimate of drug-likeness (QED) is 0.819. The minimum absolute atomic E-state index is 0.153. The number of ether oxygens (including phenoxy) is 1. The Morgan fingerprint density at radius 1 is 1.16 bits per heavy atom. The van der Waals surface area contributed by atoms with Crippen LogP contribution in [0.3, 0.4) is 0 Å². The summed E-state index contributed by atoms with van der Waals surface area (Å²) in [4.78, 5) is 27.3. The van der Waals surface area contributed by atoms with E-state index < -0.39 is 23.6 Å². The molecule has 0 unspecified atom stereocenters. The van der Waals surface area contributed by atoms with Crippen molar-refractivity contribution in [2.45, 2.75) is 11.2 Å². The highest BCUT2D eigenvalue weighted by atomic mass is 32.2. The Bertz CT molecular complexity index is 747. The number of hydrogen-bond acceptors (Lipinski definition) is 5. The molecule has 2 amide bonds. The zero-order valence-corrected chi connectivity index (χ0v) is 13.8. The van der Waals surface area contributed by atoms with E-state index in [0.717, 1.165) is 17.8 Å². The number of halogens is 3. The summed E-state index contributed by atoms with van der Waals surface area (Å²) >= 11 is 0.928. The number of amides is 2. The van der Waals surface area contributed by atoms with E-state index in [9.17, 15) is 22.8 Å². The van der Waals surface area contributed by atoms with Crippen molar-refractivity contribution < 1.29 is 27.5 Å². The lowest BCUT2D eigenvalue weighted by Gasteiger charge is -2.07. The van der Waals surface area contributed by atoms with Crippen LogP contribution in [0, 0.1) is 0 Å². The zero-order valence-electron chi connectivity index (χ0n) is 13.0. The second-order valence-corrected chi connectivity index (χ2v) is 5.77. The lowest BCUT2D eigenvalue weighted by atomic mass is 10.2. The Balaban J connectivity index is 1.86. The van der Waals surface area contributed by atoms with Gasteiger partial charge in [-0.25, -0.2) is 4.98 Å². The van der Waals surface area contributed by atoms with Crippen LogP contribution in [-0.4, -0.2) is 29.7 Å². The third-order valence-electron chi connectivity index (χ3n) is 3.02. The number of rotatable bonds is 5. The van der Waals surface area contributed by atoms with Gasteiger partial charge in [0.25, 0.3) is 5.91 Å². The van der Waals surface area contributed by atoms with Crippen molar-refractivity contribution in [3.05, 3.63) is 53.7 Å². The standard InChI is InChI=1S/C16H13F3N2O3S/c1-24-12-5-2-10(3-6-12)15(23)21-13(22)9-25-14-7-4-11(8-20-14)16(17,18)19/h2-8H,9H2,1H3,(H,21,22,23). The summed E-state index contributed by atoms with van der Waals surface area (Å²) in [6.45, 7) is 0. The Morgan fingerprint density at radius 2 is 1.84 bits per heavy atom. The van der Waals surface area contributed by atoms with Crippen LogP contribution in [0.1, 0.15) is 15.9 Å². The van der Waals surface area contributed by atoms with Crippen LogP contribution < -0.4 is 10.1 Å². The molecule has 0 fully saturated rings. The number of benzene rings is 1. The normalized spacial score (nSPS) is 11.0. The summed E-state index contributed by atoms with van der Waals surface area (Å²) in [6.07, 6.45) is -3.76. The topological polar surface area (TPSA) is 68.3 Å². The average Bonchev–Trinajstić information content (AvgIpc) is 2.59. The van der Waals surface area contributed by atoms with Crippen LogP contribution >= 0.6 is 11.8 Å². The number of aromatic nitrogens is 1. The maximum atomic E-state index is 12.4. The number of nitrogens with zero attached hydrogens (tertiary/aromatic N) is 1. The van der Waals surface area contributed by atoms with E-state index >= 15 is 0 Å². The van der Waals surface area contributed by atoms with E-state index in [1.165, 1.54) is 25.3 Å². The third-order valence-corrected chi connectivity index (χ3v) is 3.96. The third kappa shape index (κ3) is 5.49. The van der Waals surface area contributed by atoms with Crippen molar-refractivity contribution in [3.8, 4) is 5.75 Å². The molecule has 1 heterocycles. The molecule has 0 aliphatic carbocycles. The number of thioether (sulfide) groups is 1. The van der Waals surface area contributed by atoms with Crippen molar-refractivity contribution in [1.29, 1.82) is 0 Å². The van der Waals surface area contributed by atoms with Gasteiger partial charge in [-0.3, -0.25) is 14.9 Å². The molecule has 0 bridgehead atoms. The first-order valence-corrected chi connectivity index (χ1v) is 7.92. The molecule has 1 N–H and O–H groups in total. The van der Waals surface area contributed by atoms with Gasteiger partial charge in [0.1, 0.15) is 5.75 Å². The molecule has 0 aliphatic rings. The first-order valence-electron chi connectivity index (χ1n) is 6.94. The van der Waals surface area contributed by atoms with Crippen molar-refractivity contribution in [2.24, 2.45) is 0 Å². The number of nitrogens with one attached hydrogen (secondary N) is 1. The summed E-state index contributed by atoms with van der Waals surface area (Å²) in [5.74, 6) is -0.728. The lowest BCUT2D eigenvalue weighted by molar-refractivity contribution is -0.137. The van der Waals surface area contributed by atoms with E-state index in [0.29, 0.717) is 11.9 Å². The van der Waals surface area contributed by atoms with Crippen LogP contribution in [0.25, 0.3) is 0 Å². The minimum Gasteiger partial charge on any atom is -0.497 e. The Morgan fingerprint density at radius 3 is 2.36 bits per heavy atom. The Kier molecular flexibility index (Phi) is 6.02. The maximum Gasteiger partial charge on any atom is 0.417 e. The van der Waals surface area contributed by atoms with Gasteiger partial charge in [-0.2, -0.15) is 13.2 Å². The van der Waals surface area contributed by atoms with Crippen LogP contribution in [-0.2, 0) is 11.0 Å². The Hall–Kier alpha value is -2.55. The number of hydrogen-bond donors (Lipinski definition) is 1. The van der Waals surface area contributed by atoms with Gasteiger partial charge in [0.15, 0.2) is 0 Å². The molecule has 0 atom stereocenters. The maximum absolute atomic E-state index is 12.4. The molecular formula is C16H13F3N2O3S. The summed E-state index contributed by atoms with van der Waals surface area (Å²) in [7, 11) is 1.49. The van der Waals surface area contributed by atoms with E-state index in [4.69, 9.17) is 4.74 Å². The van der Waals surface area contributed by atoms with Gasteiger partial charge in [0.05, 0.1) is 23.5 Å². The fraction of sp³-hybridized carbons (Fsp3) is 0.188. The summed E-state index contributed by atoms with van der Waals surface area (Å²) < 4.78 is 42.3. The largest absolute Gasteiger partial charge is 0.497 e. The van der Waals surface area contributed by atoms with Gasteiger partial charge < -0.3 is 4.74 Å². The fourth-order valence-corrected chi connectivity index (χ4v) is 2.39. The van der Waals surface area contributed by atoms with Gasteiger partial charge in [0, 0.05) is 11.8 Å². The van der Waals surface area contributed by atoms with Gasteiger partial charge in [-0.05, 0) is 36.4 Å². The molecule has 0 saturated carbocycles. The predicted octanol–water partition coefficient (Wildman–Crippen LogP) is 3.16. The summed E-state index contributed by atoms with van der Waals surface area (Å²) in [6, 6.07) is 8.24. The molecule has 2 rings (SSSR count). The highest BCUT2D eigenvalue weighted by molar-refractivity contribution is 7.99. The smallest absolute Gasteiger partial charge is 0.417 e. The second-order valence-electron chi connectivity index (χ2n) is 4.78. The zero-order chi connectivity index (χ0) is 18.4. The molecule has 1 aromatic heterocycles. The first-order chi connectivity index (χ1) is 11.8. The van der Waals surface area contributed by atoms with Gasteiger partial charge >= 0.3 is 6.18 Å². The number of carbonyl (C=O) groups excluding carboxylic acids is 2. The molecule has 0 radical (unpaired) electrons. The molecule has 25 heavy (non-hydrogen) atoms. The van der Waals surface area contributed by atoms with E-state index in [-0.39, 0.29) is 16.3 Å². The molecule has 0 spiro atoms. The van der Waals surface area contributed by atoms with E-state index in [1.54, 1.807) is 12.1 Å². The molecular weight excluding hydrogens is 357 g/mol. The van der Waals surface area contributed by atoms with Gasteiger partial charge in [-0.1, -0.05) is 11.8 Å². The number of methoxy groups -OCH3 is 1. The fourth-order valence-electron chi connectivity index (χ4n) is 1.75. The average molecular weight is 370 g/mol. The van der Waals surface area contributed by atoms with E-state index in [2.05, 4.69) is 10.3 Å². The molecule has 1 aromatic carbocycles. The van der Waals surface area contributed by atoms with Crippen LogP contribution in [0.15, 0.2) is 47.6 Å². The highest BCUT2D eigenvalue weighted by Gasteiger charge is 2.30. The highest BCUT2D eigenvalue weighted by Crippen LogP contribution is 2.29. The molecule has 0 saturated heterocycles. The molecule has 132 valence electrons. The number of pyridine rings is 1. The monoisotopic (exact) mass is 370 g/mol. The number of imide groups is 1. The molecule has 9 heteroatoms. The van der Waals surface area contributed by atoms with Crippen LogP contribution in [0.2, 0.25) is 0 Å². The van der Waals surface area contributed by atoms with Crippen LogP contribution in [0.4, 0.5) is 13.2 Å². The second kappa shape index (κ2) is 8.02. The molecule has 2 aromatic rings. The first kappa shape index (κ1) is 18.8. The summed E-state index contributed by atoms with van der Waals surface area (Å²) in [5.41, 5.74) is -0.581.